The molecule has 2 N–H and O–H groups in total. The molecule has 0 amide bonds. The lowest BCUT2D eigenvalue weighted by Gasteiger charge is -2.20. The Labute approximate surface area is 127 Å². The Balaban J connectivity index is 2.44. The molecule has 0 unspecified atom stereocenters. The molecule has 8 nitrogen and oxygen atoms in total. The predicted octanol–water partition coefficient (Wildman–Crippen LogP) is 1.95. The van der Waals surface area contributed by atoms with Crippen molar-refractivity contribution < 1.29 is 10.0 Å². The van der Waals surface area contributed by atoms with E-state index in [0.717, 1.165) is 0 Å². The van der Waals surface area contributed by atoms with E-state index in [9.17, 15) is 10.1 Å². The molecule has 0 spiro atoms. The molecule has 2 aromatic rings. The van der Waals surface area contributed by atoms with Gasteiger partial charge in [0.15, 0.2) is 0 Å². The fourth-order valence-electron chi connectivity index (χ4n) is 2.05. The smallest absolute Gasteiger partial charge is 0.353 e. The molecular weight excluding hydrogens is 286 g/mol. The summed E-state index contributed by atoms with van der Waals surface area (Å²) >= 11 is 0. The monoisotopic (exact) mass is 303 g/mol. The van der Waals surface area contributed by atoms with Gasteiger partial charge >= 0.3 is 5.69 Å². The molecule has 0 atom stereocenters. The summed E-state index contributed by atoms with van der Waals surface area (Å²) in [4.78, 5) is 20.6. The van der Waals surface area contributed by atoms with E-state index in [1.165, 1.54) is 6.33 Å². The van der Waals surface area contributed by atoms with Gasteiger partial charge in [0.05, 0.1) is 11.5 Å². The number of aliphatic hydroxyl groups excluding tert-OH is 1. The second-order valence-corrected chi connectivity index (χ2v) is 4.45. The Bertz CT molecular complexity index is 636. The van der Waals surface area contributed by atoms with Gasteiger partial charge < -0.3 is 15.3 Å². The number of nitrogens with one attached hydrogen (secondary N) is 1. The number of anilines is 3. The molecule has 0 saturated heterocycles. The lowest BCUT2D eigenvalue weighted by Crippen LogP contribution is -2.28. The maximum atomic E-state index is 11.5. The molecule has 0 aliphatic carbocycles. The van der Waals surface area contributed by atoms with Crippen molar-refractivity contribution in [2.75, 3.05) is 29.9 Å². The van der Waals surface area contributed by atoms with E-state index in [4.69, 9.17) is 5.11 Å². The molecule has 116 valence electrons. The summed E-state index contributed by atoms with van der Waals surface area (Å²) in [5, 5.41) is 23.5. The van der Waals surface area contributed by atoms with E-state index in [1.54, 1.807) is 17.0 Å². The first kappa shape index (κ1) is 15.6. The minimum absolute atomic E-state index is 0.115. The van der Waals surface area contributed by atoms with Crippen molar-refractivity contribution in [3.63, 3.8) is 0 Å². The van der Waals surface area contributed by atoms with E-state index in [1.807, 2.05) is 25.1 Å². The number of para-hydroxylation sites is 1. The Morgan fingerprint density at radius 3 is 2.64 bits per heavy atom. The first-order valence-corrected chi connectivity index (χ1v) is 6.84. The summed E-state index contributed by atoms with van der Waals surface area (Å²) in [5.41, 5.74) is 0.488. The summed E-state index contributed by atoms with van der Waals surface area (Å²) in [5.74, 6) is 0.313. The van der Waals surface area contributed by atoms with Crippen molar-refractivity contribution >= 4 is 23.0 Å². The van der Waals surface area contributed by atoms with Gasteiger partial charge in [0.1, 0.15) is 6.33 Å². The van der Waals surface area contributed by atoms with Crippen LogP contribution in [0.1, 0.15) is 6.92 Å². The zero-order valence-corrected chi connectivity index (χ0v) is 12.1. The van der Waals surface area contributed by atoms with Crippen LogP contribution in [0.4, 0.5) is 23.0 Å². The van der Waals surface area contributed by atoms with Crippen LogP contribution in [0.15, 0.2) is 36.7 Å². The summed E-state index contributed by atoms with van der Waals surface area (Å²) < 4.78 is 0. The highest BCUT2D eigenvalue weighted by molar-refractivity contribution is 5.74. The second kappa shape index (κ2) is 7.32. The van der Waals surface area contributed by atoms with Crippen LogP contribution in [0.3, 0.4) is 0 Å². The maximum absolute atomic E-state index is 11.5. The molecular formula is C14H17N5O3. The summed E-state index contributed by atoms with van der Waals surface area (Å²) in [6.45, 7) is 2.48. The van der Waals surface area contributed by atoms with Crippen LogP contribution in [-0.2, 0) is 0 Å². The van der Waals surface area contributed by atoms with E-state index < -0.39 is 4.92 Å². The van der Waals surface area contributed by atoms with Gasteiger partial charge in [-0.15, -0.1) is 0 Å². The van der Waals surface area contributed by atoms with Crippen molar-refractivity contribution in [1.29, 1.82) is 0 Å². The first-order valence-electron chi connectivity index (χ1n) is 6.84. The van der Waals surface area contributed by atoms with Gasteiger partial charge in [-0.3, -0.25) is 10.1 Å². The van der Waals surface area contributed by atoms with Crippen molar-refractivity contribution in [3.8, 4) is 0 Å². The van der Waals surface area contributed by atoms with Crippen molar-refractivity contribution in [2.24, 2.45) is 0 Å². The molecule has 2 rings (SSSR count). The number of nitro groups is 1. The normalized spacial score (nSPS) is 10.3. The third-order valence-electron chi connectivity index (χ3n) is 3.07. The molecule has 0 aliphatic heterocycles. The molecule has 1 aromatic heterocycles. The highest BCUT2D eigenvalue weighted by Crippen LogP contribution is 2.33. The zero-order chi connectivity index (χ0) is 15.9. The molecule has 0 saturated carbocycles. The average molecular weight is 303 g/mol. The fourth-order valence-corrected chi connectivity index (χ4v) is 2.05. The number of benzene rings is 1. The van der Waals surface area contributed by atoms with Gasteiger partial charge in [-0.25, -0.2) is 9.97 Å². The van der Waals surface area contributed by atoms with Crippen molar-refractivity contribution in [3.05, 3.63) is 46.8 Å². The largest absolute Gasteiger partial charge is 0.395 e. The summed E-state index contributed by atoms with van der Waals surface area (Å²) in [6, 6.07) is 9.07. The van der Waals surface area contributed by atoms with Gasteiger partial charge in [0.25, 0.3) is 0 Å². The number of nitrogens with zero attached hydrogens (tertiary/aromatic N) is 4. The number of rotatable bonds is 7. The molecule has 0 fully saturated rings. The number of aliphatic hydroxyl groups is 1. The van der Waals surface area contributed by atoms with E-state index in [2.05, 4.69) is 15.3 Å². The topological polar surface area (TPSA) is 104 Å². The summed E-state index contributed by atoms with van der Waals surface area (Å²) in [6.07, 6.45) is 1.27. The first-order chi connectivity index (χ1) is 10.7. The lowest BCUT2D eigenvalue weighted by molar-refractivity contribution is -0.383. The SMILES string of the molecule is CCN(CCO)c1ncnc(Nc2ccccc2)c1[N+](=O)[O-]. The maximum Gasteiger partial charge on any atom is 0.353 e. The minimum Gasteiger partial charge on any atom is -0.395 e. The van der Waals surface area contributed by atoms with Crippen molar-refractivity contribution in [2.45, 2.75) is 6.92 Å². The van der Waals surface area contributed by atoms with E-state index >= 15 is 0 Å². The fraction of sp³-hybridized carbons (Fsp3) is 0.286. The van der Waals surface area contributed by atoms with Crippen molar-refractivity contribution in [1.82, 2.24) is 9.97 Å². The predicted molar refractivity (Wildman–Crippen MR) is 83.4 cm³/mol. The third-order valence-corrected chi connectivity index (χ3v) is 3.07. The average Bonchev–Trinajstić information content (AvgIpc) is 2.53. The molecule has 0 bridgehead atoms. The Kier molecular flexibility index (Phi) is 5.21. The van der Waals surface area contributed by atoms with Crippen LogP contribution in [0.2, 0.25) is 0 Å². The van der Waals surface area contributed by atoms with Crippen LogP contribution < -0.4 is 10.2 Å². The number of hydrogen-bond acceptors (Lipinski definition) is 7. The molecule has 1 aromatic carbocycles. The second-order valence-electron chi connectivity index (χ2n) is 4.45. The quantitative estimate of drug-likeness (QED) is 0.595. The highest BCUT2D eigenvalue weighted by Gasteiger charge is 2.26. The third kappa shape index (κ3) is 3.47. The lowest BCUT2D eigenvalue weighted by atomic mass is 10.3. The molecule has 0 radical (unpaired) electrons. The standard InChI is InChI=1S/C14H17N5O3/c1-2-18(8-9-20)14-12(19(21)22)13(15-10-16-14)17-11-6-4-3-5-7-11/h3-7,10,20H,2,8-9H2,1H3,(H,15,16,17). The van der Waals surface area contributed by atoms with Crippen LogP contribution >= 0.6 is 0 Å². The molecule has 0 aliphatic rings. The van der Waals surface area contributed by atoms with E-state index in [0.29, 0.717) is 12.2 Å². The minimum atomic E-state index is -0.513. The van der Waals surface area contributed by atoms with Crippen LogP contribution in [0.25, 0.3) is 0 Å². The zero-order valence-electron chi connectivity index (χ0n) is 12.1. The van der Waals surface area contributed by atoms with E-state index in [-0.39, 0.29) is 30.5 Å². The van der Waals surface area contributed by atoms with Crippen LogP contribution in [0.5, 0.6) is 0 Å². The van der Waals surface area contributed by atoms with Gasteiger partial charge in [-0.1, -0.05) is 18.2 Å². The highest BCUT2D eigenvalue weighted by atomic mass is 16.6. The Hall–Kier alpha value is -2.74. The van der Waals surface area contributed by atoms with Gasteiger partial charge in [-0.05, 0) is 19.1 Å². The van der Waals surface area contributed by atoms with Crippen LogP contribution in [-0.4, -0.2) is 39.7 Å². The summed E-state index contributed by atoms with van der Waals surface area (Å²) in [7, 11) is 0. The number of likely N-dealkylation sites (N-methyl/N-ethyl adjacent to an activating group) is 1. The molecule has 8 heteroatoms. The van der Waals surface area contributed by atoms with Crippen LogP contribution in [0, 0.1) is 10.1 Å². The number of hydrogen-bond donors (Lipinski definition) is 2. The van der Waals surface area contributed by atoms with Gasteiger partial charge in [0, 0.05) is 18.8 Å². The number of aromatic nitrogens is 2. The van der Waals surface area contributed by atoms with Gasteiger partial charge in [-0.2, -0.15) is 0 Å². The van der Waals surface area contributed by atoms with Gasteiger partial charge in [0.2, 0.25) is 11.6 Å². The molecule has 22 heavy (non-hydrogen) atoms. The Morgan fingerprint density at radius 2 is 2.05 bits per heavy atom. The molecule has 1 heterocycles. The Morgan fingerprint density at radius 1 is 1.32 bits per heavy atom.